The quantitative estimate of drug-likeness (QED) is 0.874. The van der Waals surface area contributed by atoms with Crippen molar-refractivity contribution in [2.45, 2.75) is 26.2 Å². The lowest BCUT2D eigenvalue weighted by Gasteiger charge is -2.22. The van der Waals surface area contributed by atoms with Gasteiger partial charge in [-0.2, -0.15) is 0 Å². The largest absolute Gasteiger partial charge is 0.361 e. The Kier molecular flexibility index (Phi) is 3.28. The molecule has 100 valence electrons. The Morgan fingerprint density at radius 1 is 1.37 bits per heavy atom. The molecule has 0 unspecified atom stereocenters. The van der Waals surface area contributed by atoms with Crippen LogP contribution in [0.5, 0.6) is 0 Å². The summed E-state index contributed by atoms with van der Waals surface area (Å²) in [6.07, 6.45) is 5.49. The fraction of sp³-hybridized carbons (Fsp3) is 0.438. The number of carbonyl (C=O) groups is 1. The van der Waals surface area contributed by atoms with Crippen molar-refractivity contribution in [3.8, 4) is 0 Å². The van der Waals surface area contributed by atoms with E-state index < -0.39 is 0 Å². The average molecular weight is 256 g/mol. The van der Waals surface area contributed by atoms with Crippen LogP contribution < -0.4 is 0 Å². The highest BCUT2D eigenvalue weighted by Crippen LogP contribution is 2.30. The van der Waals surface area contributed by atoms with Crippen molar-refractivity contribution in [3.63, 3.8) is 0 Å². The molecule has 2 aromatic rings. The molecule has 1 N–H and O–H groups in total. The molecule has 0 spiro atoms. The first-order valence-electron chi connectivity index (χ1n) is 7.14. The second kappa shape index (κ2) is 5.08. The number of hydrogen-bond donors (Lipinski definition) is 1. The average Bonchev–Trinajstić information content (AvgIpc) is 3.11. The predicted molar refractivity (Wildman–Crippen MR) is 77.2 cm³/mol. The smallest absolute Gasteiger partial charge is 0.253 e. The Morgan fingerprint density at radius 2 is 2.21 bits per heavy atom. The number of nitrogens with zero attached hydrogens (tertiary/aromatic N) is 1. The second-order valence-electron chi connectivity index (χ2n) is 5.47. The Bertz CT molecular complexity index is 583. The van der Waals surface area contributed by atoms with Crippen LogP contribution in [0.1, 0.15) is 36.5 Å². The SMILES string of the molecule is CCCN(CC1CC1)C(=O)c1ccc2[nH]ccc2c1. The minimum absolute atomic E-state index is 0.178. The molecule has 0 saturated heterocycles. The van der Waals surface area contributed by atoms with Crippen molar-refractivity contribution in [2.24, 2.45) is 5.92 Å². The van der Waals surface area contributed by atoms with E-state index in [1.54, 1.807) is 0 Å². The lowest BCUT2D eigenvalue weighted by Crippen LogP contribution is -2.33. The zero-order chi connectivity index (χ0) is 13.2. The van der Waals surface area contributed by atoms with E-state index >= 15 is 0 Å². The van der Waals surface area contributed by atoms with Gasteiger partial charge in [0.25, 0.3) is 5.91 Å². The Labute approximate surface area is 113 Å². The number of nitrogens with one attached hydrogen (secondary N) is 1. The van der Waals surface area contributed by atoms with Crippen LogP contribution >= 0.6 is 0 Å². The van der Waals surface area contributed by atoms with Crippen molar-refractivity contribution in [3.05, 3.63) is 36.0 Å². The first-order valence-corrected chi connectivity index (χ1v) is 7.14. The van der Waals surface area contributed by atoms with E-state index in [0.717, 1.165) is 41.9 Å². The summed E-state index contributed by atoms with van der Waals surface area (Å²) in [5, 5.41) is 1.11. The molecule has 1 heterocycles. The number of H-pyrrole nitrogens is 1. The molecule has 1 aromatic heterocycles. The third-order valence-electron chi connectivity index (χ3n) is 3.76. The van der Waals surface area contributed by atoms with Crippen molar-refractivity contribution >= 4 is 16.8 Å². The van der Waals surface area contributed by atoms with Gasteiger partial charge in [-0.25, -0.2) is 0 Å². The fourth-order valence-corrected chi connectivity index (χ4v) is 2.53. The molecule has 1 aromatic carbocycles. The molecule has 19 heavy (non-hydrogen) atoms. The van der Waals surface area contributed by atoms with E-state index in [2.05, 4.69) is 11.9 Å². The monoisotopic (exact) mass is 256 g/mol. The maximum absolute atomic E-state index is 12.6. The summed E-state index contributed by atoms with van der Waals surface area (Å²) in [6.45, 7) is 3.92. The summed E-state index contributed by atoms with van der Waals surface area (Å²) < 4.78 is 0. The van der Waals surface area contributed by atoms with Crippen molar-refractivity contribution in [2.75, 3.05) is 13.1 Å². The number of aromatic nitrogens is 1. The molecule has 1 amide bonds. The molecule has 3 rings (SSSR count). The van der Waals surface area contributed by atoms with E-state index in [4.69, 9.17) is 0 Å². The third-order valence-corrected chi connectivity index (χ3v) is 3.76. The van der Waals surface area contributed by atoms with Gasteiger partial charge in [-0.15, -0.1) is 0 Å². The summed E-state index contributed by atoms with van der Waals surface area (Å²) >= 11 is 0. The highest BCUT2D eigenvalue weighted by molar-refractivity contribution is 5.98. The van der Waals surface area contributed by atoms with Crippen LogP contribution in [-0.4, -0.2) is 28.9 Å². The van der Waals surface area contributed by atoms with Gasteiger partial charge in [-0.05, 0) is 49.4 Å². The van der Waals surface area contributed by atoms with Crippen LogP contribution in [0.3, 0.4) is 0 Å². The summed E-state index contributed by atoms with van der Waals surface area (Å²) in [7, 11) is 0. The summed E-state index contributed by atoms with van der Waals surface area (Å²) in [6, 6.07) is 7.92. The predicted octanol–water partition coefficient (Wildman–Crippen LogP) is 3.43. The molecule has 1 aliphatic carbocycles. The van der Waals surface area contributed by atoms with E-state index in [1.807, 2.05) is 35.4 Å². The Hall–Kier alpha value is -1.77. The number of hydrogen-bond acceptors (Lipinski definition) is 1. The molecular formula is C16H20N2O. The Morgan fingerprint density at radius 3 is 2.95 bits per heavy atom. The molecule has 3 heteroatoms. The molecule has 0 aliphatic heterocycles. The van der Waals surface area contributed by atoms with Crippen molar-refractivity contribution in [1.82, 2.24) is 9.88 Å². The van der Waals surface area contributed by atoms with Crippen LogP contribution in [0, 0.1) is 5.92 Å². The standard InChI is InChI=1S/C16H20N2O/c1-2-9-18(11-12-3-4-12)16(19)14-5-6-15-13(10-14)7-8-17-15/h5-8,10,12,17H,2-4,9,11H2,1H3. The van der Waals surface area contributed by atoms with Gasteiger partial charge in [-0.3, -0.25) is 4.79 Å². The summed E-state index contributed by atoms with van der Waals surface area (Å²) in [5.41, 5.74) is 1.89. The zero-order valence-electron chi connectivity index (χ0n) is 11.4. The molecule has 1 saturated carbocycles. The van der Waals surface area contributed by atoms with Crippen molar-refractivity contribution in [1.29, 1.82) is 0 Å². The van der Waals surface area contributed by atoms with Crippen LogP contribution in [0.2, 0.25) is 0 Å². The maximum atomic E-state index is 12.6. The molecular weight excluding hydrogens is 236 g/mol. The number of benzene rings is 1. The fourth-order valence-electron chi connectivity index (χ4n) is 2.53. The van der Waals surface area contributed by atoms with Crippen LogP contribution in [0.4, 0.5) is 0 Å². The normalized spacial score (nSPS) is 14.8. The molecule has 1 aliphatic rings. The van der Waals surface area contributed by atoms with Crippen LogP contribution in [0.15, 0.2) is 30.5 Å². The van der Waals surface area contributed by atoms with Gasteiger partial charge in [0.05, 0.1) is 0 Å². The number of rotatable bonds is 5. The summed E-state index contributed by atoms with van der Waals surface area (Å²) in [4.78, 5) is 17.8. The van der Waals surface area contributed by atoms with Gasteiger partial charge >= 0.3 is 0 Å². The van der Waals surface area contributed by atoms with Crippen LogP contribution in [-0.2, 0) is 0 Å². The van der Waals surface area contributed by atoms with E-state index in [1.165, 1.54) is 12.8 Å². The van der Waals surface area contributed by atoms with Gasteiger partial charge in [0, 0.05) is 35.8 Å². The first-order chi connectivity index (χ1) is 9.28. The number of fused-ring (bicyclic) bond motifs is 1. The number of carbonyl (C=O) groups excluding carboxylic acids is 1. The van der Waals surface area contributed by atoms with Crippen LogP contribution in [0.25, 0.3) is 10.9 Å². The topological polar surface area (TPSA) is 36.1 Å². The lowest BCUT2D eigenvalue weighted by atomic mass is 10.1. The van der Waals surface area contributed by atoms with Gasteiger partial charge in [0.2, 0.25) is 0 Å². The second-order valence-corrected chi connectivity index (χ2v) is 5.47. The van der Waals surface area contributed by atoms with E-state index in [9.17, 15) is 4.79 Å². The molecule has 0 atom stereocenters. The highest BCUT2D eigenvalue weighted by atomic mass is 16.2. The number of amides is 1. The van der Waals surface area contributed by atoms with Gasteiger partial charge in [-0.1, -0.05) is 6.92 Å². The Balaban J connectivity index is 1.82. The molecule has 0 bridgehead atoms. The highest BCUT2D eigenvalue weighted by Gasteiger charge is 2.26. The molecule has 1 fully saturated rings. The van der Waals surface area contributed by atoms with Gasteiger partial charge < -0.3 is 9.88 Å². The molecule has 3 nitrogen and oxygen atoms in total. The number of aromatic amines is 1. The van der Waals surface area contributed by atoms with Gasteiger partial charge in [0.15, 0.2) is 0 Å². The van der Waals surface area contributed by atoms with E-state index in [0.29, 0.717) is 0 Å². The lowest BCUT2D eigenvalue weighted by molar-refractivity contribution is 0.0748. The maximum Gasteiger partial charge on any atom is 0.253 e. The zero-order valence-corrected chi connectivity index (χ0v) is 11.4. The minimum atomic E-state index is 0.178. The first kappa shape index (κ1) is 12.3. The molecule has 0 radical (unpaired) electrons. The minimum Gasteiger partial charge on any atom is -0.361 e. The summed E-state index contributed by atoms with van der Waals surface area (Å²) in [5.74, 6) is 0.920. The van der Waals surface area contributed by atoms with E-state index in [-0.39, 0.29) is 5.91 Å². The van der Waals surface area contributed by atoms with Gasteiger partial charge in [0.1, 0.15) is 0 Å². The van der Waals surface area contributed by atoms with Crippen molar-refractivity contribution < 1.29 is 4.79 Å². The third kappa shape index (κ3) is 2.65.